The van der Waals surface area contributed by atoms with Gasteiger partial charge in [-0.1, -0.05) is 6.07 Å². The molecule has 0 amide bonds. The van der Waals surface area contributed by atoms with Crippen LogP contribution in [0.4, 0.5) is 0 Å². The molecule has 0 spiro atoms. The van der Waals surface area contributed by atoms with Gasteiger partial charge in [-0.2, -0.15) is 0 Å². The SMILES string of the molecule is COc1ccc(CN2CCC(C(=O)O)C2C)c(OC)c1. The van der Waals surface area contributed by atoms with E-state index in [-0.39, 0.29) is 12.0 Å². The summed E-state index contributed by atoms with van der Waals surface area (Å²) < 4.78 is 10.6. The third kappa shape index (κ3) is 2.88. The average Bonchev–Trinajstić information content (AvgIpc) is 2.80. The van der Waals surface area contributed by atoms with E-state index in [0.29, 0.717) is 13.0 Å². The van der Waals surface area contributed by atoms with Crippen LogP contribution in [0.1, 0.15) is 18.9 Å². The Morgan fingerprint density at radius 2 is 2.15 bits per heavy atom. The van der Waals surface area contributed by atoms with E-state index < -0.39 is 5.97 Å². The summed E-state index contributed by atoms with van der Waals surface area (Å²) in [6.45, 7) is 3.47. The van der Waals surface area contributed by atoms with Crippen molar-refractivity contribution >= 4 is 5.97 Å². The Labute approximate surface area is 119 Å². The largest absolute Gasteiger partial charge is 0.497 e. The van der Waals surface area contributed by atoms with E-state index in [9.17, 15) is 4.79 Å². The van der Waals surface area contributed by atoms with Crippen LogP contribution in [0.25, 0.3) is 0 Å². The van der Waals surface area contributed by atoms with Crippen molar-refractivity contribution in [1.29, 1.82) is 0 Å². The van der Waals surface area contributed by atoms with E-state index in [1.54, 1.807) is 14.2 Å². The van der Waals surface area contributed by atoms with E-state index in [1.807, 2.05) is 25.1 Å². The quantitative estimate of drug-likeness (QED) is 0.893. The van der Waals surface area contributed by atoms with Crippen molar-refractivity contribution in [2.24, 2.45) is 5.92 Å². The highest BCUT2D eigenvalue weighted by Crippen LogP contribution is 2.30. The standard InChI is InChI=1S/C15H21NO4/c1-10-13(15(17)18)6-7-16(10)9-11-4-5-12(19-2)8-14(11)20-3/h4-5,8,10,13H,6-7,9H2,1-3H3,(H,17,18). The maximum atomic E-state index is 11.1. The normalized spacial score (nSPS) is 22.8. The number of carbonyl (C=O) groups is 1. The molecule has 2 atom stereocenters. The van der Waals surface area contributed by atoms with Gasteiger partial charge in [-0.05, 0) is 26.0 Å². The van der Waals surface area contributed by atoms with Gasteiger partial charge < -0.3 is 14.6 Å². The van der Waals surface area contributed by atoms with E-state index >= 15 is 0 Å². The summed E-state index contributed by atoms with van der Waals surface area (Å²) in [7, 11) is 3.25. The molecule has 5 heteroatoms. The Kier molecular flexibility index (Phi) is 4.49. The van der Waals surface area contributed by atoms with Gasteiger partial charge in [0, 0.05) is 24.2 Å². The fraction of sp³-hybridized carbons (Fsp3) is 0.533. The molecule has 1 saturated heterocycles. The zero-order valence-electron chi connectivity index (χ0n) is 12.1. The number of hydrogen-bond acceptors (Lipinski definition) is 4. The molecule has 1 aliphatic heterocycles. The molecule has 0 bridgehead atoms. The minimum Gasteiger partial charge on any atom is -0.497 e. The minimum absolute atomic E-state index is 0.0410. The van der Waals surface area contributed by atoms with E-state index in [1.165, 1.54) is 0 Å². The monoisotopic (exact) mass is 279 g/mol. The Morgan fingerprint density at radius 1 is 1.40 bits per heavy atom. The lowest BCUT2D eigenvalue weighted by Gasteiger charge is -2.24. The molecule has 1 fully saturated rings. The second kappa shape index (κ2) is 6.13. The molecule has 1 aromatic carbocycles. The molecule has 20 heavy (non-hydrogen) atoms. The first-order valence-corrected chi connectivity index (χ1v) is 6.74. The summed E-state index contributed by atoms with van der Waals surface area (Å²) >= 11 is 0. The van der Waals surface area contributed by atoms with E-state index in [2.05, 4.69) is 4.90 Å². The molecule has 0 aromatic heterocycles. The molecule has 1 aliphatic rings. The number of methoxy groups -OCH3 is 2. The molecule has 0 radical (unpaired) electrons. The van der Waals surface area contributed by atoms with Crippen molar-refractivity contribution in [2.75, 3.05) is 20.8 Å². The molecule has 1 N–H and O–H groups in total. The molecule has 110 valence electrons. The van der Waals surface area contributed by atoms with Crippen LogP contribution in [-0.2, 0) is 11.3 Å². The summed E-state index contributed by atoms with van der Waals surface area (Å²) in [5.41, 5.74) is 1.05. The van der Waals surface area contributed by atoms with Crippen LogP contribution in [-0.4, -0.2) is 42.8 Å². The fourth-order valence-electron chi connectivity index (χ4n) is 2.76. The lowest BCUT2D eigenvalue weighted by molar-refractivity contribution is -0.142. The Balaban J connectivity index is 2.12. The van der Waals surface area contributed by atoms with Crippen molar-refractivity contribution in [3.63, 3.8) is 0 Å². The Bertz CT molecular complexity index is 489. The molecule has 1 aromatic rings. The molecule has 0 saturated carbocycles. The maximum Gasteiger partial charge on any atom is 0.308 e. The number of likely N-dealkylation sites (tertiary alicyclic amines) is 1. The van der Waals surface area contributed by atoms with Crippen molar-refractivity contribution < 1.29 is 19.4 Å². The molecular formula is C15H21NO4. The van der Waals surface area contributed by atoms with Gasteiger partial charge in [0.05, 0.1) is 20.1 Å². The molecule has 2 unspecified atom stereocenters. The number of ether oxygens (including phenoxy) is 2. The highest BCUT2D eigenvalue weighted by molar-refractivity contribution is 5.71. The van der Waals surface area contributed by atoms with Gasteiger partial charge in [-0.25, -0.2) is 0 Å². The number of hydrogen-bond donors (Lipinski definition) is 1. The number of benzene rings is 1. The predicted octanol–water partition coefficient (Wildman–Crippen LogP) is 2.00. The zero-order chi connectivity index (χ0) is 14.7. The maximum absolute atomic E-state index is 11.1. The summed E-state index contributed by atoms with van der Waals surface area (Å²) in [4.78, 5) is 13.3. The van der Waals surface area contributed by atoms with Crippen LogP contribution in [0.15, 0.2) is 18.2 Å². The Hall–Kier alpha value is -1.75. The van der Waals surface area contributed by atoms with Crippen LogP contribution in [0.3, 0.4) is 0 Å². The second-order valence-electron chi connectivity index (χ2n) is 5.12. The molecule has 5 nitrogen and oxygen atoms in total. The summed E-state index contributed by atoms with van der Waals surface area (Å²) in [5, 5.41) is 9.17. The highest BCUT2D eigenvalue weighted by Gasteiger charge is 2.35. The van der Waals surface area contributed by atoms with Crippen LogP contribution in [0.2, 0.25) is 0 Å². The number of aliphatic carboxylic acids is 1. The fourth-order valence-corrected chi connectivity index (χ4v) is 2.76. The third-order valence-corrected chi connectivity index (χ3v) is 4.07. The van der Waals surface area contributed by atoms with Crippen molar-refractivity contribution in [3.8, 4) is 11.5 Å². The lowest BCUT2D eigenvalue weighted by Crippen LogP contribution is -2.32. The van der Waals surface area contributed by atoms with Gasteiger partial charge in [-0.3, -0.25) is 9.69 Å². The molecule has 2 rings (SSSR count). The summed E-state index contributed by atoms with van der Waals surface area (Å²) in [6.07, 6.45) is 0.703. The minimum atomic E-state index is -0.707. The van der Waals surface area contributed by atoms with Crippen LogP contribution >= 0.6 is 0 Å². The molecule has 0 aliphatic carbocycles. The van der Waals surface area contributed by atoms with Gasteiger partial charge in [0.2, 0.25) is 0 Å². The van der Waals surface area contributed by atoms with E-state index in [0.717, 1.165) is 23.6 Å². The molecular weight excluding hydrogens is 258 g/mol. The van der Waals surface area contributed by atoms with Gasteiger partial charge in [0.15, 0.2) is 0 Å². The van der Waals surface area contributed by atoms with Crippen molar-refractivity contribution in [1.82, 2.24) is 4.90 Å². The first-order chi connectivity index (χ1) is 9.56. The average molecular weight is 279 g/mol. The smallest absolute Gasteiger partial charge is 0.308 e. The van der Waals surface area contributed by atoms with Gasteiger partial charge in [0.25, 0.3) is 0 Å². The van der Waals surface area contributed by atoms with Crippen molar-refractivity contribution in [2.45, 2.75) is 25.9 Å². The van der Waals surface area contributed by atoms with Crippen LogP contribution in [0, 0.1) is 5.92 Å². The first kappa shape index (κ1) is 14.7. The van der Waals surface area contributed by atoms with Gasteiger partial charge >= 0.3 is 5.97 Å². The topological polar surface area (TPSA) is 59.0 Å². The number of carboxylic acids is 1. The van der Waals surface area contributed by atoms with Crippen LogP contribution < -0.4 is 9.47 Å². The highest BCUT2D eigenvalue weighted by atomic mass is 16.5. The predicted molar refractivity (Wildman–Crippen MR) is 75.2 cm³/mol. The van der Waals surface area contributed by atoms with Gasteiger partial charge in [0.1, 0.15) is 11.5 Å². The van der Waals surface area contributed by atoms with E-state index in [4.69, 9.17) is 14.6 Å². The number of nitrogens with zero attached hydrogens (tertiary/aromatic N) is 1. The zero-order valence-corrected chi connectivity index (χ0v) is 12.1. The molecule has 1 heterocycles. The summed E-state index contributed by atoms with van der Waals surface area (Å²) in [5.74, 6) is 0.541. The third-order valence-electron chi connectivity index (χ3n) is 4.07. The number of rotatable bonds is 5. The van der Waals surface area contributed by atoms with Gasteiger partial charge in [-0.15, -0.1) is 0 Å². The second-order valence-corrected chi connectivity index (χ2v) is 5.12. The van der Waals surface area contributed by atoms with Crippen LogP contribution in [0.5, 0.6) is 11.5 Å². The summed E-state index contributed by atoms with van der Waals surface area (Å²) in [6, 6.07) is 5.76. The number of carboxylic acid groups (broad SMARTS) is 1. The first-order valence-electron chi connectivity index (χ1n) is 6.74. The Morgan fingerprint density at radius 3 is 2.70 bits per heavy atom. The van der Waals surface area contributed by atoms with Crippen molar-refractivity contribution in [3.05, 3.63) is 23.8 Å². The lowest BCUT2D eigenvalue weighted by atomic mass is 10.0.